The summed E-state index contributed by atoms with van der Waals surface area (Å²) in [4.78, 5) is 17.7. The first kappa shape index (κ1) is 19.9. The Balaban J connectivity index is 1.41. The number of aromatic nitrogens is 1. The third-order valence-electron chi connectivity index (χ3n) is 4.86. The minimum absolute atomic E-state index is 0.221. The van der Waals surface area contributed by atoms with E-state index in [4.69, 9.17) is 9.47 Å². The molecule has 0 spiro atoms. The van der Waals surface area contributed by atoms with Gasteiger partial charge in [-0.2, -0.15) is 4.31 Å². The van der Waals surface area contributed by atoms with E-state index in [-0.39, 0.29) is 5.25 Å². The van der Waals surface area contributed by atoms with Crippen LogP contribution in [0.1, 0.15) is 23.4 Å². The lowest BCUT2D eigenvalue weighted by Crippen LogP contribution is -2.37. The summed E-state index contributed by atoms with van der Waals surface area (Å²) in [6, 6.07) is 4.62. The van der Waals surface area contributed by atoms with Gasteiger partial charge in [0.2, 0.25) is 10.0 Å². The Morgan fingerprint density at radius 1 is 1.21 bits per heavy atom. The maximum atomic E-state index is 12.5. The number of urea groups is 1. The van der Waals surface area contributed by atoms with Gasteiger partial charge < -0.3 is 14.8 Å². The van der Waals surface area contributed by atoms with Crippen molar-refractivity contribution in [1.82, 2.24) is 9.29 Å². The van der Waals surface area contributed by atoms with Gasteiger partial charge in [0.15, 0.2) is 16.6 Å². The van der Waals surface area contributed by atoms with Crippen LogP contribution >= 0.6 is 11.3 Å². The summed E-state index contributed by atoms with van der Waals surface area (Å²) >= 11 is 1.31. The molecule has 2 aromatic rings. The number of rotatable bonds is 6. The Bertz CT molecular complexity index is 1030. The number of carbonyl (C=O) groups is 1. The van der Waals surface area contributed by atoms with Crippen LogP contribution in [-0.4, -0.2) is 49.8 Å². The third-order valence-corrected chi connectivity index (χ3v) is 8.21. The van der Waals surface area contributed by atoms with E-state index >= 15 is 0 Å². The van der Waals surface area contributed by atoms with E-state index < -0.39 is 16.1 Å². The molecule has 1 aliphatic heterocycles. The molecule has 29 heavy (non-hydrogen) atoms. The van der Waals surface area contributed by atoms with Crippen molar-refractivity contribution in [2.24, 2.45) is 0 Å². The number of nitrogens with one attached hydrogen (secondary N) is 2. The van der Waals surface area contributed by atoms with Crippen molar-refractivity contribution in [2.45, 2.75) is 31.1 Å². The van der Waals surface area contributed by atoms with Gasteiger partial charge in [-0.25, -0.2) is 18.2 Å². The largest absolute Gasteiger partial charge is 0.493 e. The fourth-order valence-corrected chi connectivity index (χ4v) is 6.10. The number of methoxy groups -OCH3 is 2. The number of hydrogen-bond donors (Lipinski definition) is 2. The Hall–Kier alpha value is -2.37. The highest BCUT2D eigenvalue weighted by atomic mass is 32.2. The predicted octanol–water partition coefficient (Wildman–Crippen LogP) is 2.65. The molecule has 1 aromatic heterocycles. The number of sulfonamides is 1. The average molecular weight is 439 g/mol. The molecular weight excluding hydrogens is 416 g/mol. The van der Waals surface area contributed by atoms with Crippen LogP contribution in [0, 0.1) is 0 Å². The number of anilines is 2. The van der Waals surface area contributed by atoms with Gasteiger partial charge >= 0.3 is 6.03 Å². The number of fused-ring (bicyclic) bond motifs is 1. The summed E-state index contributed by atoms with van der Waals surface area (Å²) in [5.41, 5.74) is 1.39. The topological polar surface area (TPSA) is 110 Å². The molecule has 0 radical (unpaired) electrons. The molecule has 2 amide bonds. The Morgan fingerprint density at radius 2 is 1.97 bits per heavy atom. The summed E-state index contributed by atoms with van der Waals surface area (Å²) in [6.07, 6.45) is 2.05. The van der Waals surface area contributed by atoms with Crippen LogP contribution in [0.5, 0.6) is 11.5 Å². The third kappa shape index (κ3) is 4.16. The van der Waals surface area contributed by atoms with Crippen molar-refractivity contribution in [3.8, 4) is 11.5 Å². The Kier molecular flexibility index (Phi) is 5.36. The van der Waals surface area contributed by atoms with E-state index in [1.54, 1.807) is 29.6 Å². The average Bonchev–Trinajstić information content (AvgIpc) is 3.48. The zero-order valence-corrected chi connectivity index (χ0v) is 17.7. The maximum Gasteiger partial charge on any atom is 0.325 e. The van der Waals surface area contributed by atoms with Crippen LogP contribution in [0.4, 0.5) is 15.6 Å². The fraction of sp³-hybridized carbons (Fsp3) is 0.444. The van der Waals surface area contributed by atoms with Gasteiger partial charge in [0, 0.05) is 36.1 Å². The number of benzene rings is 1. The van der Waals surface area contributed by atoms with Crippen molar-refractivity contribution in [3.63, 3.8) is 0 Å². The predicted molar refractivity (Wildman–Crippen MR) is 110 cm³/mol. The molecular formula is C18H22N4O5S2. The van der Waals surface area contributed by atoms with Gasteiger partial charge in [-0.1, -0.05) is 11.3 Å². The van der Waals surface area contributed by atoms with Gasteiger partial charge in [-0.05, 0) is 25.0 Å². The van der Waals surface area contributed by atoms with Crippen LogP contribution in [0.25, 0.3) is 0 Å². The van der Waals surface area contributed by atoms with E-state index in [1.165, 1.54) is 18.4 Å². The maximum absolute atomic E-state index is 12.5. The first-order valence-corrected chi connectivity index (χ1v) is 11.5. The summed E-state index contributed by atoms with van der Waals surface area (Å²) in [7, 11) is -0.145. The molecule has 156 valence electrons. The van der Waals surface area contributed by atoms with Crippen molar-refractivity contribution >= 4 is 38.2 Å². The molecule has 1 saturated carbocycles. The second kappa shape index (κ2) is 7.81. The summed E-state index contributed by atoms with van der Waals surface area (Å²) in [5, 5.41) is 5.67. The standard InChI is InChI=1S/C18H22N4O5S2/c1-26-14-6-3-11(9-15(14)27-2)19-17(23)21-18-20-13-7-8-22(10-16(13)28-18)29(24,25)12-4-5-12/h3,6,9,12H,4-5,7-8,10H2,1-2H3,(H2,19,20,21,23). The first-order chi connectivity index (χ1) is 13.9. The van der Waals surface area contributed by atoms with Crippen LogP contribution < -0.4 is 20.1 Å². The highest BCUT2D eigenvalue weighted by molar-refractivity contribution is 7.90. The van der Waals surface area contributed by atoms with E-state index in [1.807, 2.05) is 0 Å². The summed E-state index contributed by atoms with van der Waals surface area (Å²) < 4.78 is 36.9. The SMILES string of the molecule is COc1ccc(NC(=O)Nc2nc3c(s2)CN(S(=O)(=O)C2CC2)CC3)cc1OC. The van der Waals surface area contributed by atoms with Crippen molar-refractivity contribution in [2.75, 3.05) is 31.4 Å². The second-order valence-electron chi connectivity index (χ2n) is 6.87. The van der Waals surface area contributed by atoms with Crippen molar-refractivity contribution in [3.05, 3.63) is 28.8 Å². The van der Waals surface area contributed by atoms with Crippen LogP contribution in [0.3, 0.4) is 0 Å². The van der Waals surface area contributed by atoms with Gasteiger partial charge in [0.05, 0.1) is 25.2 Å². The highest BCUT2D eigenvalue weighted by Crippen LogP contribution is 2.36. The molecule has 9 nitrogen and oxygen atoms in total. The van der Waals surface area contributed by atoms with Crippen LogP contribution in [-0.2, 0) is 23.0 Å². The minimum Gasteiger partial charge on any atom is -0.493 e. The lowest BCUT2D eigenvalue weighted by Gasteiger charge is -2.25. The number of thiazole rings is 1. The molecule has 4 rings (SSSR count). The van der Waals surface area contributed by atoms with Gasteiger partial charge in [0.1, 0.15) is 0 Å². The van der Waals surface area contributed by atoms with Crippen molar-refractivity contribution < 1.29 is 22.7 Å². The zero-order chi connectivity index (χ0) is 20.6. The van der Waals surface area contributed by atoms with Crippen LogP contribution in [0.2, 0.25) is 0 Å². The zero-order valence-electron chi connectivity index (χ0n) is 16.1. The van der Waals surface area contributed by atoms with E-state index in [2.05, 4.69) is 15.6 Å². The molecule has 1 aromatic carbocycles. The Morgan fingerprint density at radius 3 is 2.66 bits per heavy atom. The second-order valence-corrected chi connectivity index (χ2v) is 10.2. The molecule has 0 unspecified atom stereocenters. The molecule has 0 saturated heterocycles. The number of carbonyl (C=O) groups excluding carboxylic acids is 1. The van der Waals surface area contributed by atoms with Gasteiger partial charge in [-0.3, -0.25) is 5.32 Å². The van der Waals surface area contributed by atoms with Crippen LogP contribution in [0.15, 0.2) is 18.2 Å². The lowest BCUT2D eigenvalue weighted by atomic mass is 10.2. The molecule has 1 fully saturated rings. The number of hydrogen-bond acceptors (Lipinski definition) is 7. The number of ether oxygens (including phenoxy) is 2. The molecule has 2 aliphatic rings. The van der Waals surface area contributed by atoms with E-state index in [9.17, 15) is 13.2 Å². The fourth-order valence-electron chi connectivity index (χ4n) is 3.19. The molecule has 1 aliphatic carbocycles. The molecule has 2 N–H and O–H groups in total. The monoisotopic (exact) mass is 438 g/mol. The number of amides is 2. The molecule has 0 bridgehead atoms. The van der Waals surface area contributed by atoms with Crippen molar-refractivity contribution in [1.29, 1.82) is 0 Å². The quantitative estimate of drug-likeness (QED) is 0.718. The minimum atomic E-state index is -3.21. The molecule has 0 atom stereocenters. The van der Waals surface area contributed by atoms with E-state index in [0.717, 1.165) is 23.4 Å². The highest BCUT2D eigenvalue weighted by Gasteiger charge is 2.41. The first-order valence-electron chi connectivity index (χ1n) is 9.18. The lowest BCUT2D eigenvalue weighted by molar-refractivity contribution is 0.262. The molecule has 2 heterocycles. The van der Waals surface area contributed by atoms with Gasteiger partial charge in [-0.15, -0.1) is 0 Å². The smallest absolute Gasteiger partial charge is 0.325 e. The van der Waals surface area contributed by atoms with E-state index in [0.29, 0.717) is 41.8 Å². The Labute approximate surface area is 173 Å². The molecule has 11 heteroatoms. The van der Waals surface area contributed by atoms with Gasteiger partial charge in [0.25, 0.3) is 0 Å². The summed E-state index contributed by atoms with van der Waals surface area (Å²) in [5.74, 6) is 1.07. The normalized spacial score (nSPS) is 16.8. The number of nitrogens with zero attached hydrogens (tertiary/aromatic N) is 2. The summed E-state index contributed by atoms with van der Waals surface area (Å²) in [6.45, 7) is 0.762.